The van der Waals surface area contributed by atoms with Crippen molar-refractivity contribution >= 4 is 29.6 Å². The number of ether oxygens (including phenoxy) is 2. The van der Waals surface area contributed by atoms with Crippen LogP contribution in [-0.2, 0) is 19.1 Å². The summed E-state index contributed by atoms with van der Waals surface area (Å²) in [6.07, 6.45) is -0.597. The van der Waals surface area contributed by atoms with Crippen LogP contribution in [0.15, 0.2) is 24.3 Å². The number of rotatable bonds is 6. The van der Waals surface area contributed by atoms with Crippen LogP contribution in [0.4, 0.5) is 10.5 Å². The maximum absolute atomic E-state index is 12.9. The molecule has 1 aliphatic heterocycles. The highest BCUT2D eigenvalue weighted by Gasteiger charge is 2.54. The number of anilines is 1. The highest BCUT2D eigenvalue weighted by Crippen LogP contribution is 2.33. The molecule has 1 aromatic rings. The highest BCUT2D eigenvalue weighted by molar-refractivity contribution is 6.07. The van der Waals surface area contributed by atoms with Gasteiger partial charge < -0.3 is 20.5 Å². The Kier molecular flexibility index (Phi) is 5.65. The number of nitrogens with two attached hydrogens (primary N) is 1. The largest absolute Gasteiger partial charge is 0.466 e. The summed E-state index contributed by atoms with van der Waals surface area (Å²) in [5.74, 6) is -2.43. The van der Waals surface area contributed by atoms with Crippen molar-refractivity contribution in [3.8, 4) is 0 Å². The molecule has 0 spiro atoms. The van der Waals surface area contributed by atoms with Gasteiger partial charge in [-0.15, -0.1) is 0 Å². The molecule has 1 aliphatic rings. The van der Waals surface area contributed by atoms with E-state index < -0.39 is 36.0 Å². The number of nitrogens with one attached hydrogen (secondary N) is 2. The van der Waals surface area contributed by atoms with Crippen molar-refractivity contribution in [1.29, 1.82) is 0 Å². The van der Waals surface area contributed by atoms with E-state index in [-0.39, 0.29) is 18.8 Å². The van der Waals surface area contributed by atoms with E-state index in [0.717, 1.165) is 0 Å². The molecule has 3 amide bonds. The monoisotopic (exact) mass is 364 g/mol. The van der Waals surface area contributed by atoms with Gasteiger partial charge in [-0.1, -0.05) is 12.1 Å². The van der Waals surface area contributed by atoms with Crippen LogP contribution in [0.1, 0.15) is 30.6 Å². The smallest absolute Gasteiger partial charge is 0.355 e. The van der Waals surface area contributed by atoms with E-state index in [2.05, 4.69) is 10.7 Å². The minimum Gasteiger partial charge on any atom is -0.466 e. The fourth-order valence-corrected chi connectivity index (χ4v) is 2.62. The van der Waals surface area contributed by atoms with Gasteiger partial charge in [0.15, 0.2) is 0 Å². The number of hydrazine groups is 1. The molecule has 0 bridgehead atoms. The Hall–Kier alpha value is -3.30. The molecule has 0 saturated heterocycles. The van der Waals surface area contributed by atoms with Gasteiger partial charge in [-0.25, -0.2) is 20.0 Å². The predicted octanol–water partition coefficient (Wildman–Crippen LogP) is 0.350. The van der Waals surface area contributed by atoms with Crippen LogP contribution < -0.4 is 16.5 Å². The van der Waals surface area contributed by atoms with Crippen molar-refractivity contribution in [1.82, 2.24) is 10.4 Å². The molecule has 0 fully saturated rings. The Morgan fingerprint density at radius 2 is 1.85 bits per heavy atom. The Balaban J connectivity index is 2.59. The molecule has 26 heavy (non-hydrogen) atoms. The molecule has 2 rings (SSSR count). The van der Waals surface area contributed by atoms with E-state index in [4.69, 9.17) is 15.2 Å². The number of para-hydroxylation sites is 1. The average Bonchev–Trinajstić information content (AvgIpc) is 2.58. The maximum atomic E-state index is 12.9. The lowest BCUT2D eigenvalue weighted by Crippen LogP contribution is -2.71. The van der Waals surface area contributed by atoms with Crippen molar-refractivity contribution in [2.45, 2.75) is 25.9 Å². The van der Waals surface area contributed by atoms with Crippen LogP contribution in [0, 0.1) is 0 Å². The molecule has 0 aromatic heterocycles. The van der Waals surface area contributed by atoms with Gasteiger partial charge in [0.25, 0.3) is 5.91 Å². The summed E-state index contributed by atoms with van der Waals surface area (Å²) in [5, 5.41) is 3.50. The lowest BCUT2D eigenvalue weighted by molar-refractivity contribution is -0.162. The van der Waals surface area contributed by atoms with Crippen LogP contribution in [0.3, 0.4) is 0 Å². The molecule has 1 heterocycles. The number of hydrogen-bond acceptors (Lipinski definition) is 7. The van der Waals surface area contributed by atoms with E-state index >= 15 is 0 Å². The van der Waals surface area contributed by atoms with Crippen LogP contribution in [0.25, 0.3) is 0 Å². The molecule has 1 unspecified atom stereocenters. The zero-order valence-corrected chi connectivity index (χ0v) is 14.4. The fourth-order valence-electron chi connectivity index (χ4n) is 2.62. The molecule has 0 aliphatic carbocycles. The standard InChI is InChI=1S/C16H20N4O6/c1-3-25-12(21)9-16(14(23)26-4-2)18-11-8-6-5-7-10(11)13(22)20(16)19-15(17)24/h5-8,18H,3-4,9H2,1-2H3,(H3,17,19,24). The highest BCUT2D eigenvalue weighted by atomic mass is 16.5. The molecular weight excluding hydrogens is 344 g/mol. The zero-order valence-electron chi connectivity index (χ0n) is 14.4. The van der Waals surface area contributed by atoms with Gasteiger partial charge >= 0.3 is 18.0 Å². The minimum atomic E-state index is -2.04. The lowest BCUT2D eigenvalue weighted by atomic mass is 9.97. The second-order valence-electron chi connectivity index (χ2n) is 5.35. The molecule has 4 N–H and O–H groups in total. The Morgan fingerprint density at radius 3 is 2.46 bits per heavy atom. The molecular formula is C16H20N4O6. The summed E-state index contributed by atoms with van der Waals surface area (Å²) < 4.78 is 9.95. The van der Waals surface area contributed by atoms with Crippen LogP contribution in [0.2, 0.25) is 0 Å². The number of primary amides is 1. The molecule has 140 valence electrons. The molecule has 0 saturated carbocycles. The third kappa shape index (κ3) is 3.53. The molecule has 1 atom stereocenters. The normalized spacial score (nSPS) is 18.4. The second kappa shape index (κ2) is 7.72. The molecule has 10 nitrogen and oxygen atoms in total. The van der Waals surface area contributed by atoms with Crippen molar-refractivity contribution in [3.63, 3.8) is 0 Å². The predicted molar refractivity (Wildman–Crippen MR) is 89.6 cm³/mol. The summed E-state index contributed by atoms with van der Waals surface area (Å²) in [7, 11) is 0. The summed E-state index contributed by atoms with van der Waals surface area (Å²) in [4.78, 5) is 49.1. The average molecular weight is 364 g/mol. The molecule has 0 radical (unpaired) electrons. The van der Waals surface area contributed by atoms with Gasteiger partial charge in [0.1, 0.15) is 6.42 Å². The van der Waals surface area contributed by atoms with Crippen LogP contribution in [0.5, 0.6) is 0 Å². The third-order valence-corrected chi connectivity index (χ3v) is 3.62. The van der Waals surface area contributed by atoms with Gasteiger partial charge in [-0.2, -0.15) is 0 Å². The Morgan fingerprint density at radius 1 is 1.19 bits per heavy atom. The first-order chi connectivity index (χ1) is 12.4. The number of benzene rings is 1. The lowest BCUT2D eigenvalue weighted by Gasteiger charge is -2.44. The number of carbonyl (C=O) groups is 4. The molecule has 1 aromatic carbocycles. The van der Waals surface area contributed by atoms with Gasteiger partial charge in [0.2, 0.25) is 5.66 Å². The fraction of sp³-hybridized carbons (Fsp3) is 0.375. The Bertz CT molecular complexity index is 737. The van der Waals surface area contributed by atoms with Gasteiger partial charge in [0, 0.05) is 5.69 Å². The SMILES string of the molecule is CCOC(=O)CC1(C(=O)OCC)Nc2ccccc2C(=O)N1NC(N)=O. The number of hydrogen-bond donors (Lipinski definition) is 3. The van der Waals surface area contributed by atoms with Crippen molar-refractivity contribution in [2.75, 3.05) is 18.5 Å². The van der Waals surface area contributed by atoms with E-state index in [9.17, 15) is 19.2 Å². The van der Waals surface area contributed by atoms with Crippen LogP contribution >= 0.6 is 0 Å². The van der Waals surface area contributed by atoms with E-state index in [1.165, 1.54) is 6.07 Å². The van der Waals surface area contributed by atoms with Gasteiger partial charge in [0.05, 0.1) is 18.8 Å². The first-order valence-corrected chi connectivity index (χ1v) is 7.96. The third-order valence-electron chi connectivity index (χ3n) is 3.62. The van der Waals surface area contributed by atoms with Crippen molar-refractivity contribution in [2.24, 2.45) is 5.73 Å². The quantitative estimate of drug-likeness (QED) is 0.619. The zero-order chi connectivity index (χ0) is 19.3. The van der Waals surface area contributed by atoms with Gasteiger partial charge in [-0.05, 0) is 26.0 Å². The summed E-state index contributed by atoms with van der Waals surface area (Å²) in [6, 6.07) is 5.24. The first kappa shape index (κ1) is 19.0. The Labute approximate surface area is 149 Å². The molecule has 10 heteroatoms. The summed E-state index contributed by atoms with van der Waals surface area (Å²) in [6.45, 7) is 3.24. The number of fused-ring (bicyclic) bond motifs is 1. The first-order valence-electron chi connectivity index (χ1n) is 7.96. The minimum absolute atomic E-state index is 0.00859. The number of nitrogens with zero attached hydrogens (tertiary/aromatic N) is 1. The summed E-state index contributed by atoms with van der Waals surface area (Å²) >= 11 is 0. The summed E-state index contributed by atoms with van der Waals surface area (Å²) in [5.41, 5.74) is 5.70. The number of esters is 2. The number of carbonyl (C=O) groups excluding carboxylic acids is 4. The topological polar surface area (TPSA) is 140 Å². The number of urea groups is 1. The van der Waals surface area contributed by atoms with Crippen LogP contribution in [-0.4, -0.2) is 47.8 Å². The van der Waals surface area contributed by atoms with E-state index in [1.54, 1.807) is 32.0 Å². The van der Waals surface area contributed by atoms with E-state index in [0.29, 0.717) is 10.7 Å². The second-order valence-corrected chi connectivity index (χ2v) is 5.35. The maximum Gasteiger partial charge on any atom is 0.355 e. The number of amides is 3. The van der Waals surface area contributed by atoms with Gasteiger partial charge in [-0.3, -0.25) is 9.59 Å². The van der Waals surface area contributed by atoms with E-state index in [1.807, 2.05) is 0 Å². The van der Waals surface area contributed by atoms with Crippen molar-refractivity contribution in [3.05, 3.63) is 29.8 Å². The van der Waals surface area contributed by atoms with Crippen molar-refractivity contribution < 1.29 is 28.7 Å².